The van der Waals surface area contributed by atoms with Crippen molar-refractivity contribution in [3.8, 4) is 5.69 Å². The molecular weight excluding hydrogens is 244 g/mol. The van der Waals surface area contributed by atoms with Crippen LogP contribution < -0.4 is 5.43 Å². The number of hydrogen-bond donors (Lipinski definition) is 0. The molecule has 0 atom stereocenters. The van der Waals surface area contributed by atoms with Crippen molar-refractivity contribution in [3.05, 3.63) is 57.5 Å². The van der Waals surface area contributed by atoms with Crippen LogP contribution in [-0.4, -0.2) is 22.9 Å². The molecule has 1 heterocycles. The van der Waals surface area contributed by atoms with E-state index in [1.807, 2.05) is 32.0 Å². The zero-order chi connectivity index (χ0) is 14.0. The molecule has 0 aliphatic rings. The Bertz CT molecular complexity index is 689. The summed E-state index contributed by atoms with van der Waals surface area (Å²) in [5.74, 6) is -0.733. The Morgan fingerprint density at radius 1 is 1.21 bits per heavy atom. The maximum atomic E-state index is 11.5. The second kappa shape index (κ2) is 5.06. The van der Waals surface area contributed by atoms with Gasteiger partial charge in [0.05, 0.1) is 12.8 Å². The summed E-state index contributed by atoms with van der Waals surface area (Å²) in [7, 11) is 1.22. The number of ether oxygens (including phenoxy) is 1. The maximum Gasteiger partial charge on any atom is 0.362 e. The van der Waals surface area contributed by atoms with Crippen LogP contribution in [0.3, 0.4) is 0 Å². The third kappa shape index (κ3) is 2.54. The number of aryl methyl sites for hydroxylation is 2. The van der Waals surface area contributed by atoms with E-state index in [2.05, 4.69) is 9.84 Å². The molecule has 1 aromatic carbocycles. The number of esters is 1. The second-order valence-corrected chi connectivity index (χ2v) is 4.23. The first-order valence-electron chi connectivity index (χ1n) is 5.79. The van der Waals surface area contributed by atoms with Crippen molar-refractivity contribution >= 4 is 5.97 Å². The lowest BCUT2D eigenvalue weighted by Crippen LogP contribution is -2.21. The number of hydrogen-bond acceptors (Lipinski definition) is 4. The average molecular weight is 258 g/mol. The molecule has 5 heteroatoms. The van der Waals surface area contributed by atoms with Crippen LogP contribution in [0.1, 0.15) is 21.6 Å². The van der Waals surface area contributed by atoms with Gasteiger partial charge in [-0.3, -0.25) is 4.79 Å². The Kier molecular flexibility index (Phi) is 3.46. The van der Waals surface area contributed by atoms with Gasteiger partial charge in [-0.05, 0) is 37.1 Å². The molecule has 0 spiro atoms. The Balaban J connectivity index is 2.54. The van der Waals surface area contributed by atoms with Crippen LogP contribution in [0.25, 0.3) is 5.69 Å². The predicted molar refractivity (Wildman–Crippen MR) is 70.6 cm³/mol. The highest BCUT2D eigenvalue weighted by Gasteiger charge is 2.13. The molecule has 0 saturated carbocycles. The van der Waals surface area contributed by atoms with Gasteiger partial charge in [-0.2, -0.15) is 5.10 Å². The lowest BCUT2D eigenvalue weighted by molar-refractivity contribution is 0.0590. The molecule has 1 aromatic heterocycles. The fourth-order valence-corrected chi connectivity index (χ4v) is 1.66. The zero-order valence-corrected chi connectivity index (χ0v) is 11.0. The Morgan fingerprint density at radius 3 is 2.58 bits per heavy atom. The van der Waals surface area contributed by atoms with Gasteiger partial charge in [-0.15, -0.1) is 0 Å². The largest absolute Gasteiger partial charge is 0.464 e. The quantitative estimate of drug-likeness (QED) is 0.768. The third-order valence-electron chi connectivity index (χ3n) is 2.94. The summed E-state index contributed by atoms with van der Waals surface area (Å²) in [5, 5.41) is 4.01. The first kappa shape index (κ1) is 13.0. The standard InChI is InChI=1S/C14H14N2O3/c1-9-4-5-11(8-10(9)2)16-7-6-12(17)13(15-16)14(18)19-3/h4-8H,1-3H3. The Labute approximate surface area is 110 Å². The second-order valence-electron chi connectivity index (χ2n) is 4.23. The SMILES string of the molecule is COC(=O)c1nn(-c2ccc(C)c(C)c2)ccc1=O. The smallest absolute Gasteiger partial charge is 0.362 e. The molecule has 0 N–H and O–H groups in total. The van der Waals surface area contributed by atoms with Crippen LogP contribution >= 0.6 is 0 Å². The molecule has 98 valence electrons. The molecular formula is C14H14N2O3. The minimum absolute atomic E-state index is 0.219. The molecule has 0 aliphatic carbocycles. The molecule has 0 saturated heterocycles. The molecule has 0 fully saturated rings. The topological polar surface area (TPSA) is 61.2 Å². The van der Waals surface area contributed by atoms with Crippen molar-refractivity contribution < 1.29 is 9.53 Å². The lowest BCUT2D eigenvalue weighted by atomic mass is 10.1. The molecule has 2 rings (SSSR count). The highest BCUT2D eigenvalue weighted by molar-refractivity contribution is 5.86. The Morgan fingerprint density at radius 2 is 1.95 bits per heavy atom. The summed E-state index contributed by atoms with van der Waals surface area (Å²) in [6.45, 7) is 4.00. The zero-order valence-electron chi connectivity index (χ0n) is 11.0. The van der Waals surface area contributed by atoms with Crippen LogP contribution in [0.15, 0.2) is 35.3 Å². The highest BCUT2D eigenvalue weighted by atomic mass is 16.5. The van der Waals surface area contributed by atoms with E-state index in [9.17, 15) is 9.59 Å². The van der Waals surface area contributed by atoms with E-state index < -0.39 is 11.4 Å². The minimum atomic E-state index is -0.733. The molecule has 0 radical (unpaired) electrons. The van der Waals surface area contributed by atoms with Crippen LogP contribution in [0.2, 0.25) is 0 Å². The number of rotatable bonds is 2. The van der Waals surface area contributed by atoms with Gasteiger partial charge in [0.1, 0.15) is 0 Å². The number of carbonyl (C=O) groups excluding carboxylic acids is 1. The first-order valence-corrected chi connectivity index (χ1v) is 5.79. The van der Waals surface area contributed by atoms with Gasteiger partial charge in [-0.1, -0.05) is 6.07 Å². The monoisotopic (exact) mass is 258 g/mol. The summed E-state index contributed by atoms with van der Waals surface area (Å²) in [6, 6.07) is 7.07. The van der Waals surface area contributed by atoms with Gasteiger partial charge < -0.3 is 4.74 Å². The Hall–Kier alpha value is -2.43. The normalized spacial score (nSPS) is 10.3. The van der Waals surface area contributed by atoms with Crippen LogP contribution in [0.4, 0.5) is 0 Å². The van der Waals surface area contributed by atoms with E-state index in [0.717, 1.165) is 16.8 Å². The number of aromatic nitrogens is 2. The summed E-state index contributed by atoms with van der Waals surface area (Å²) in [6.07, 6.45) is 1.53. The van der Waals surface area contributed by atoms with Crippen molar-refractivity contribution in [1.29, 1.82) is 0 Å². The third-order valence-corrected chi connectivity index (χ3v) is 2.94. The molecule has 0 amide bonds. The van der Waals surface area contributed by atoms with Crippen LogP contribution in [-0.2, 0) is 4.74 Å². The maximum absolute atomic E-state index is 11.5. The average Bonchev–Trinajstić information content (AvgIpc) is 2.41. The van der Waals surface area contributed by atoms with E-state index in [1.165, 1.54) is 24.1 Å². The van der Waals surface area contributed by atoms with Gasteiger partial charge in [0.15, 0.2) is 0 Å². The fourth-order valence-electron chi connectivity index (χ4n) is 1.66. The van der Waals surface area contributed by atoms with Crippen molar-refractivity contribution in [2.45, 2.75) is 13.8 Å². The summed E-state index contributed by atoms with van der Waals surface area (Å²) in [5.41, 5.74) is 2.39. The number of methoxy groups -OCH3 is 1. The van der Waals surface area contributed by atoms with Gasteiger partial charge in [0.2, 0.25) is 11.1 Å². The molecule has 5 nitrogen and oxygen atoms in total. The van der Waals surface area contributed by atoms with Gasteiger partial charge >= 0.3 is 5.97 Å². The molecule has 0 bridgehead atoms. The minimum Gasteiger partial charge on any atom is -0.464 e. The van der Waals surface area contributed by atoms with Crippen molar-refractivity contribution in [3.63, 3.8) is 0 Å². The lowest BCUT2D eigenvalue weighted by Gasteiger charge is -2.08. The van der Waals surface area contributed by atoms with Crippen molar-refractivity contribution in [2.75, 3.05) is 7.11 Å². The van der Waals surface area contributed by atoms with Gasteiger partial charge in [-0.25, -0.2) is 9.48 Å². The van der Waals surface area contributed by atoms with E-state index in [0.29, 0.717) is 0 Å². The number of carbonyl (C=O) groups is 1. The highest BCUT2D eigenvalue weighted by Crippen LogP contribution is 2.12. The van der Waals surface area contributed by atoms with Gasteiger partial charge in [0, 0.05) is 12.3 Å². The molecule has 19 heavy (non-hydrogen) atoms. The first-order chi connectivity index (χ1) is 9.02. The van der Waals surface area contributed by atoms with E-state index in [4.69, 9.17) is 0 Å². The van der Waals surface area contributed by atoms with Crippen molar-refractivity contribution in [1.82, 2.24) is 9.78 Å². The summed E-state index contributed by atoms with van der Waals surface area (Å²) >= 11 is 0. The summed E-state index contributed by atoms with van der Waals surface area (Å²) in [4.78, 5) is 23.0. The number of nitrogens with zero attached hydrogens (tertiary/aromatic N) is 2. The fraction of sp³-hybridized carbons (Fsp3) is 0.214. The van der Waals surface area contributed by atoms with E-state index in [1.54, 1.807) is 0 Å². The van der Waals surface area contributed by atoms with Gasteiger partial charge in [0.25, 0.3) is 0 Å². The van der Waals surface area contributed by atoms with E-state index >= 15 is 0 Å². The predicted octanol–water partition coefficient (Wildman–Crippen LogP) is 1.64. The van der Waals surface area contributed by atoms with Crippen LogP contribution in [0.5, 0.6) is 0 Å². The van der Waals surface area contributed by atoms with Crippen LogP contribution in [0, 0.1) is 13.8 Å². The molecule has 2 aromatic rings. The number of benzene rings is 1. The van der Waals surface area contributed by atoms with Crippen molar-refractivity contribution in [2.24, 2.45) is 0 Å². The summed E-state index contributed by atoms with van der Waals surface area (Å²) < 4.78 is 6.02. The molecule has 0 aliphatic heterocycles. The van der Waals surface area contributed by atoms with E-state index in [-0.39, 0.29) is 5.69 Å². The molecule has 0 unspecified atom stereocenters.